The molecular weight excluding hydrogens is 382 g/mol. The first-order valence-electron chi connectivity index (χ1n) is 11.5. The second kappa shape index (κ2) is 11.7. The molecular formula is C28H35NO2. The lowest BCUT2D eigenvalue weighted by molar-refractivity contribution is -0.154. The highest BCUT2D eigenvalue weighted by Gasteiger charge is 2.34. The molecule has 2 aromatic rings. The second-order valence-corrected chi connectivity index (χ2v) is 8.23. The van der Waals surface area contributed by atoms with Crippen LogP contribution in [0.15, 0.2) is 84.5 Å². The summed E-state index contributed by atoms with van der Waals surface area (Å²) in [5, 5.41) is 0. The van der Waals surface area contributed by atoms with E-state index >= 15 is 0 Å². The Labute approximate surface area is 187 Å². The maximum Gasteiger partial charge on any atom is 0.328 e. The summed E-state index contributed by atoms with van der Waals surface area (Å²) < 4.78 is 5.98. The minimum atomic E-state index is -0.362. The molecule has 0 aromatic heterocycles. The zero-order chi connectivity index (χ0) is 22.1. The Hall–Kier alpha value is -2.65. The summed E-state index contributed by atoms with van der Waals surface area (Å²) in [6, 6.07) is 20.3. The topological polar surface area (TPSA) is 29.5 Å². The van der Waals surface area contributed by atoms with E-state index in [0.717, 1.165) is 43.5 Å². The van der Waals surface area contributed by atoms with Crippen LogP contribution in [-0.2, 0) is 9.53 Å². The van der Waals surface area contributed by atoms with Gasteiger partial charge in [0.2, 0.25) is 0 Å². The van der Waals surface area contributed by atoms with Gasteiger partial charge in [0.25, 0.3) is 0 Å². The van der Waals surface area contributed by atoms with E-state index in [0.29, 0.717) is 5.92 Å². The van der Waals surface area contributed by atoms with Gasteiger partial charge in [0, 0.05) is 0 Å². The fourth-order valence-corrected chi connectivity index (χ4v) is 4.44. The number of rotatable bonds is 8. The third-order valence-corrected chi connectivity index (χ3v) is 6.07. The molecule has 1 fully saturated rings. The van der Waals surface area contributed by atoms with Crippen molar-refractivity contribution in [2.45, 2.75) is 58.1 Å². The van der Waals surface area contributed by atoms with Gasteiger partial charge in [-0.25, -0.2) is 4.79 Å². The maximum atomic E-state index is 13.4. The molecule has 1 heterocycles. The molecule has 3 rings (SSSR count). The first kappa shape index (κ1) is 23.0. The SMILES string of the molecule is CC=CC(=CCC)C(C(=O)OC(C)c1ccccc1)N1CCC(c2ccccc2)CC1. The van der Waals surface area contributed by atoms with Crippen LogP contribution in [0.3, 0.4) is 0 Å². The van der Waals surface area contributed by atoms with Gasteiger partial charge in [-0.3, -0.25) is 4.90 Å². The fraction of sp³-hybridized carbons (Fsp3) is 0.393. The molecule has 3 nitrogen and oxygen atoms in total. The quantitative estimate of drug-likeness (QED) is 0.365. The van der Waals surface area contributed by atoms with E-state index in [1.165, 1.54) is 5.56 Å². The van der Waals surface area contributed by atoms with Crippen molar-refractivity contribution in [3.05, 3.63) is 95.6 Å². The van der Waals surface area contributed by atoms with Gasteiger partial charge in [0.15, 0.2) is 0 Å². The molecule has 164 valence electrons. The number of likely N-dealkylation sites (tertiary alicyclic amines) is 1. The number of ether oxygens (including phenoxy) is 1. The molecule has 31 heavy (non-hydrogen) atoms. The summed E-state index contributed by atoms with van der Waals surface area (Å²) in [7, 11) is 0. The number of carbonyl (C=O) groups excluding carboxylic acids is 1. The highest BCUT2D eigenvalue weighted by molar-refractivity contribution is 5.81. The Morgan fingerprint density at radius 1 is 1.06 bits per heavy atom. The first-order valence-corrected chi connectivity index (χ1v) is 11.5. The first-order chi connectivity index (χ1) is 15.1. The van der Waals surface area contributed by atoms with Crippen LogP contribution >= 0.6 is 0 Å². The molecule has 0 N–H and O–H groups in total. The van der Waals surface area contributed by atoms with Crippen LogP contribution in [0.5, 0.6) is 0 Å². The van der Waals surface area contributed by atoms with Gasteiger partial charge in [-0.2, -0.15) is 0 Å². The predicted molar refractivity (Wildman–Crippen MR) is 128 cm³/mol. The average Bonchev–Trinajstić information content (AvgIpc) is 2.81. The van der Waals surface area contributed by atoms with Crippen LogP contribution in [0, 0.1) is 0 Å². The van der Waals surface area contributed by atoms with Crippen LogP contribution < -0.4 is 0 Å². The standard InChI is InChI=1S/C28H35NO2/c1-4-12-26(13-5-2)27(28(30)31-22(3)23-14-8-6-9-15-23)29-20-18-25(19-21-29)24-16-10-7-11-17-24/h4,6-17,22,25,27H,5,18-21H2,1-3H3. The lowest BCUT2D eigenvalue weighted by atomic mass is 9.88. The van der Waals surface area contributed by atoms with E-state index in [2.05, 4.69) is 54.3 Å². The zero-order valence-electron chi connectivity index (χ0n) is 19.0. The number of hydrogen-bond donors (Lipinski definition) is 0. The van der Waals surface area contributed by atoms with Gasteiger partial charge in [0.05, 0.1) is 0 Å². The van der Waals surface area contributed by atoms with Crippen molar-refractivity contribution in [3.63, 3.8) is 0 Å². The number of benzene rings is 2. The van der Waals surface area contributed by atoms with E-state index < -0.39 is 0 Å². The molecule has 2 unspecified atom stereocenters. The normalized spacial score (nSPS) is 18.1. The van der Waals surface area contributed by atoms with Crippen molar-refractivity contribution < 1.29 is 9.53 Å². The van der Waals surface area contributed by atoms with Crippen molar-refractivity contribution in [1.82, 2.24) is 4.90 Å². The maximum absolute atomic E-state index is 13.4. The number of hydrogen-bond acceptors (Lipinski definition) is 3. The molecule has 1 aliphatic heterocycles. The summed E-state index contributed by atoms with van der Waals surface area (Å²) in [6.07, 6.45) is 8.95. The molecule has 1 saturated heterocycles. The molecule has 0 aliphatic carbocycles. The Balaban J connectivity index is 1.77. The number of carbonyl (C=O) groups is 1. The van der Waals surface area contributed by atoms with E-state index in [-0.39, 0.29) is 18.1 Å². The molecule has 1 aliphatic rings. The van der Waals surface area contributed by atoms with Gasteiger partial charge in [0.1, 0.15) is 12.1 Å². The molecule has 0 bridgehead atoms. The molecule has 0 amide bonds. The van der Waals surface area contributed by atoms with Crippen molar-refractivity contribution in [3.8, 4) is 0 Å². The summed E-state index contributed by atoms with van der Waals surface area (Å²) in [5.41, 5.74) is 3.45. The average molecular weight is 418 g/mol. The van der Waals surface area contributed by atoms with Crippen molar-refractivity contribution in [1.29, 1.82) is 0 Å². The van der Waals surface area contributed by atoms with Gasteiger partial charge >= 0.3 is 5.97 Å². The number of nitrogens with zero attached hydrogens (tertiary/aromatic N) is 1. The molecule has 2 atom stereocenters. The van der Waals surface area contributed by atoms with Crippen LogP contribution in [0.4, 0.5) is 0 Å². The lowest BCUT2D eigenvalue weighted by Gasteiger charge is -2.37. The van der Waals surface area contributed by atoms with Gasteiger partial charge < -0.3 is 4.74 Å². The smallest absolute Gasteiger partial charge is 0.328 e. The molecule has 0 radical (unpaired) electrons. The highest BCUT2D eigenvalue weighted by Crippen LogP contribution is 2.31. The largest absolute Gasteiger partial charge is 0.456 e. The molecule has 3 heteroatoms. The molecule has 0 spiro atoms. The third kappa shape index (κ3) is 6.18. The minimum absolute atomic E-state index is 0.160. The third-order valence-electron chi connectivity index (χ3n) is 6.07. The highest BCUT2D eigenvalue weighted by atomic mass is 16.5. The minimum Gasteiger partial charge on any atom is -0.456 e. The summed E-state index contributed by atoms with van der Waals surface area (Å²) in [5.74, 6) is 0.394. The van der Waals surface area contributed by atoms with Crippen molar-refractivity contribution in [2.75, 3.05) is 13.1 Å². The van der Waals surface area contributed by atoms with Gasteiger partial charge in [-0.05, 0) is 68.8 Å². The van der Waals surface area contributed by atoms with Crippen LogP contribution in [0.25, 0.3) is 0 Å². The molecule has 0 saturated carbocycles. The van der Waals surface area contributed by atoms with Gasteiger partial charge in [-0.15, -0.1) is 0 Å². The predicted octanol–water partition coefficient (Wildman–Crippen LogP) is 6.45. The van der Waals surface area contributed by atoms with E-state index in [1.54, 1.807) is 0 Å². The van der Waals surface area contributed by atoms with E-state index in [1.807, 2.05) is 50.3 Å². The van der Waals surface area contributed by atoms with Crippen LogP contribution in [0.2, 0.25) is 0 Å². The number of allylic oxidation sites excluding steroid dienone is 2. The number of esters is 1. The monoisotopic (exact) mass is 417 g/mol. The van der Waals surface area contributed by atoms with Crippen molar-refractivity contribution in [2.24, 2.45) is 0 Å². The van der Waals surface area contributed by atoms with E-state index in [4.69, 9.17) is 4.74 Å². The van der Waals surface area contributed by atoms with Crippen LogP contribution in [-0.4, -0.2) is 30.0 Å². The van der Waals surface area contributed by atoms with E-state index in [9.17, 15) is 4.79 Å². The summed E-state index contributed by atoms with van der Waals surface area (Å²) in [6.45, 7) is 7.83. The number of piperidine rings is 1. The second-order valence-electron chi connectivity index (χ2n) is 8.23. The lowest BCUT2D eigenvalue weighted by Crippen LogP contribution is -2.47. The van der Waals surface area contributed by atoms with Crippen LogP contribution in [0.1, 0.15) is 63.2 Å². The zero-order valence-corrected chi connectivity index (χ0v) is 19.0. The Kier molecular flexibility index (Phi) is 8.66. The van der Waals surface area contributed by atoms with Crippen molar-refractivity contribution >= 4 is 5.97 Å². The Bertz CT molecular complexity index is 864. The Morgan fingerprint density at radius 2 is 1.68 bits per heavy atom. The van der Waals surface area contributed by atoms with Gasteiger partial charge in [-0.1, -0.05) is 85.8 Å². The summed E-state index contributed by atoms with van der Waals surface area (Å²) >= 11 is 0. The Morgan fingerprint density at radius 3 is 2.26 bits per heavy atom. The fourth-order valence-electron chi connectivity index (χ4n) is 4.44. The summed E-state index contributed by atoms with van der Waals surface area (Å²) in [4.78, 5) is 15.7. The molecule has 2 aromatic carbocycles.